The molecule has 0 N–H and O–H groups in total. The van der Waals surface area contributed by atoms with Crippen molar-refractivity contribution in [3.05, 3.63) is 34.9 Å². The molecule has 1 amide bonds. The number of carbonyl (C=O) groups excluding carboxylic acids is 1. The van der Waals surface area contributed by atoms with Crippen molar-refractivity contribution in [2.75, 3.05) is 13.1 Å². The summed E-state index contributed by atoms with van der Waals surface area (Å²) >= 11 is 0. The molecule has 0 aliphatic carbocycles. The maximum atomic E-state index is 12.1. The van der Waals surface area contributed by atoms with E-state index in [9.17, 15) is 4.79 Å². The molecule has 0 spiro atoms. The second kappa shape index (κ2) is 6.08. The Morgan fingerprint density at radius 3 is 2.38 bits per heavy atom. The first-order valence-corrected chi connectivity index (χ1v) is 7.82. The van der Waals surface area contributed by atoms with E-state index in [1.165, 1.54) is 16.7 Å². The Morgan fingerprint density at radius 2 is 1.81 bits per heavy atom. The van der Waals surface area contributed by atoms with E-state index >= 15 is 0 Å². The molecule has 1 fully saturated rings. The zero-order chi connectivity index (χ0) is 15.6. The zero-order valence-corrected chi connectivity index (χ0v) is 13.9. The van der Waals surface area contributed by atoms with Gasteiger partial charge in [0.15, 0.2) is 0 Å². The molecule has 0 saturated carbocycles. The lowest BCUT2D eigenvalue weighted by Gasteiger charge is -2.34. The highest BCUT2D eigenvalue weighted by Crippen LogP contribution is 2.31. The second-order valence-electron chi connectivity index (χ2n) is 7.03. The predicted octanol–water partition coefficient (Wildman–Crippen LogP) is 4.42. The van der Waals surface area contributed by atoms with E-state index in [0.29, 0.717) is 5.92 Å². The standard InChI is InChI=1S/C18H27NO2/c1-13-7-6-8-16(14(13)2)15-9-11-19(12-10-15)17(20)21-18(3,4)5/h6-8,15H,9-12H2,1-5H3. The number of nitrogens with zero attached hydrogens (tertiary/aromatic N) is 1. The summed E-state index contributed by atoms with van der Waals surface area (Å²) < 4.78 is 5.45. The smallest absolute Gasteiger partial charge is 0.410 e. The molecule has 1 aromatic rings. The number of rotatable bonds is 1. The van der Waals surface area contributed by atoms with Crippen LogP contribution in [-0.4, -0.2) is 29.7 Å². The molecule has 0 atom stereocenters. The molecule has 1 heterocycles. The number of likely N-dealkylation sites (tertiary alicyclic amines) is 1. The summed E-state index contributed by atoms with van der Waals surface area (Å²) in [7, 11) is 0. The summed E-state index contributed by atoms with van der Waals surface area (Å²) in [4.78, 5) is 13.9. The number of aryl methyl sites for hydroxylation is 1. The first-order valence-electron chi connectivity index (χ1n) is 7.82. The number of hydrogen-bond donors (Lipinski definition) is 0. The van der Waals surface area contributed by atoms with Crippen LogP contribution in [-0.2, 0) is 4.74 Å². The molecule has 3 nitrogen and oxygen atoms in total. The van der Waals surface area contributed by atoms with Crippen LogP contribution in [0.3, 0.4) is 0 Å². The summed E-state index contributed by atoms with van der Waals surface area (Å²) in [6.45, 7) is 11.7. The highest BCUT2D eigenvalue weighted by molar-refractivity contribution is 5.68. The highest BCUT2D eigenvalue weighted by atomic mass is 16.6. The predicted molar refractivity (Wildman–Crippen MR) is 85.7 cm³/mol. The molecule has 3 heteroatoms. The van der Waals surface area contributed by atoms with E-state index < -0.39 is 5.60 Å². The van der Waals surface area contributed by atoms with Crippen molar-refractivity contribution >= 4 is 6.09 Å². The fraction of sp³-hybridized carbons (Fsp3) is 0.611. The summed E-state index contributed by atoms with van der Waals surface area (Å²) in [6, 6.07) is 6.53. The van der Waals surface area contributed by atoms with Crippen molar-refractivity contribution in [1.82, 2.24) is 4.90 Å². The topological polar surface area (TPSA) is 29.5 Å². The third-order valence-electron chi connectivity index (χ3n) is 4.23. The Hall–Kier alpha value is -1.51. The Bertz CT molecular complexity index is 508. The molecule has 1 aliphatic rings. The van der Waals surface area contributed by atoms with Gasteiger partial charge in [-0.15, -0.1) is 0 Å². The van der Waals surface area contributed by atoms with Gasteiger partial charge in [-0.3, -0.25) is 0 Å². The van der Waals surface area contributed by atoms with Gasteiger partial charge in [0.1, 0.15) is 5.60 Å². The third-order valence-corrected chi connectivity index (χ3v) is 4.23. The monoisotopic (exact) mass is 289 g/mol. The minimum absolute atomic E-state index is 0.179. The number of hydrogen-bond acceptors (Lipinski definition) is 2. The van der Waals surface area contributed by atoms with E-state index in [-0.39, 0.29) is 6.09 Å². The van der Waals surface area contributed by atoms with E-state index in [0.717, 1.165) is 25.9 Å². The number of carbonyl (C=O) groups is 1. The molecular formula is C18H27NO2. The van der Waals surface area contributed by atoms with Crippen LogP contribution < -0.4 is 0 Å². The van der Waals surface area contributed by atoms with Crippen LogP contribution in [0.5, 0.6) is 0 Å². The van der Waals surface area contributed by atoms with Gasteiger partial charge in [0.05, 0.1) is 0 Å². The van der Waals surface area contributed by atoms with Crippen LogP contribution in [0, 0.1) is 13.8 Å². The molecule has 1 saturated heterocycles. The van der Waals surface area contributed by atoms with Gasteiger partial charge in [0.2, 0.25) is 0 Å². The van der Waals surface area contributed by atoms with Crippen LogP contribution in [0.15, 0.2) is 18.2 Å². The van der Waals surface area contributed by atoms with E-state index in [2.05, 4.69) is 32.0 Å². The van der Waals surface area contributed by atoms with Gasteiger partial charge in [-0.05, 0) is 70.1 Å². The first kappa shape index (κ1) is 15.9. The van der Waals surface area contributed by atoms with Gasteiger partial charge in [-0.2, -0.15) is 0 Å². The lowest BCUT2D eigenvalue weighted by Crippen LogP contribution is -2.41. The van der Waals surface area contributed by atoms with Crippen molar-refractivity contribution in [2.24, 2.45) is 0 Å². The number of ether oxygens (including phenoxy) is 1. The fourth-order valence-electron chi connectivity index (χ4n) is 2.92. The van der Waals surface area contributed by atoms with E-state index in [1.807, 2.05) is 25.7 Å². The van der Waals surface area contributed by atoms with Gasteiger partial charge >= 0.3 is 6.09 Å². The molecule has 1 aromatic carbocycles. The van der Waals surface area contributed by atoms with Gasteiger partial charge in [-0.1, -0.05) is 18.2 Å². The largest absolute Gasteiger partial charge is 0.444 e. The molecule has 116 valence electrons. The second-order valence-corrected chi connectivity index (χ2v) is 7.03. The lowest BCUT2D eigenvalue weighted by molar-refractivity contribution is 0.0205. The van der Waals surface area contributed by atoms with Gasteiger partial charge in [0, 0.05) is 13.1 Å². The Morgan fingerprint density at radius 1 is 1.19 bits per heavy atom. The van der Waals surface area contributed by atoms with Crippen molar-refractivity contribution < 1.29 is 9.53 Å². The van der Waals surface area contributed by atoms with Gasteiger partial charge in [-0.25, -0.2) is 4.79 Å². The van der Waals surface area contributed by atoms with E-state index in [4.69, 9.17) is 4.74 Å². The van der Waals surface area contributed by atoms with Crippen molar-refractivity contribution in [3.63, 3.8) is 0 Å². The maximum Gasteiger partial charge on any atom is 0.410 e. The summed E-state index contributed by atoms with van der Waals surface area (Å²) in [5.41, 5.74) is 3.77. The lowest BCUT2D eigenvalue weighted by atomic mass is 9.85. The molecule has 2 rings (SSSR count). The van der Waals surface area contributed by atoms with Crippen LogP contribution >= 0.6 is 0 Å². The molecule has 1 aliphatic heterocycles. The summed E-state index contributed by atoms with van der Waals surface area (Å²) in [5.74, 6) is 0.559. The fourth-order valence-corrected chi connectivity index (χ4v) is 2.92. The summed E-state index contributed by atoms with van der Waals surface area (Å²) in [6.07, 6.45) is 1.86. The third kappa shape index (κ3) is 3.99. The molecular weight excluding hydrogens is 262 g/mol. The average Bonchev–Trinajstić information content (AvgIpc) is 2.40. The van der Waals surface area contributed by atoms with E-state index in [1.54, 1.807) is 0 Å². The molecule has 21 heavy (non-hydrogen) atoms. The van der Waals surface area contributed by atoms with Crippen LogP contribution in [0.25, 0.3) is 0 Å². The Labute approximate surface area is 128 Å². The van der Waals surface area contributed by atoms with Crippen LogP contribution in [0.2, 0.25) is 0 Å². The summed E-state index contributed by atoms with van der Waals surface area (Å²) in [5, 5.41) is 0. The Kier molecular flexibility index (Phi) is 4.60. The first-order chi connectivity index (χ1) is 9.78. The van der Waals surface area contributed by atoms with Gasteiger partial charge < -0.3 is 9.64 Å². The van der Waals surface area contributed by atoms with Gasteiger partial charge in [0.25, 0.3) is 0 Å². The molecule has 0 unspecified atom stereocenters. The Balaban J connectivity index is 1.97. The number of piperidine rings is 1. The molecule has 0 bridgehead atoms. The van der Waals surface area contributed by atoms with Crippen LogP contribution in [0.4, 0.5) is 4.79 Å². The molecule has 0 radical (unpaired) electrons. The minimum atomic E-state index is -0.416. The van der Waals surface area contributed by atoms with Crippen molar-refractivity contribution in [1.29, 1.82) is 0 Å². The highest BCUT2D eigenvalue weighted by Gasteiger charge is 2.28. The normalized spacial score (nSPS) is 16.9. The van der Waals surface area contributed by atoms with Crippen molar-refractivity contribution in [3.8, 4) is 0 Å². The maximum absolute atomic E-state index is 12.1. The molecule has 0 aromatic heterocycles. The SMILES string of the molecule is Cc1cccc(C2CCN(C(=O)OC(C)(C)C)CC2)c1C. The average molecular weight is 289 g/mol. The number of amides is 1. The van der Waals surface area contributed by atoms with Crippen molar-refractivity contribution in [2.45, 2.75) is 59.0 Å². The number of benzene rings is 1. The minimum Gasteiger partial charge on any atom is -0.444 e. The quantitative estimate of drug-likeness (QED) is 0.766. The van der Waals surface area contributed by atoms with Crippen LogP contribution in [0.1, 0.15) is 56.2 Å². The zero-order valence-electron chi connectivity index (χ0n) is 13.9.